The maximum Gasteiger partial charge on any atom is 0.240 e. The van der Waals surface area contributed by atoms with Gasteiger partial charge < -0.3 is 5.73 Å². The van der Waals surface area contributed by atoms with E-state index in [4.69, 9.17) is 5.73 Å². The van der Waals surface area contributed by atoms with Gasteiger partial charge in [-0.2, -0.15) is 0 Å². The van der Waals surface area contributed by atoms with Crippen LogP contribution >= 0.6 is 11.3 Å². The molecule has 0 aromatic carbocycles. The fourth-order valence-electron chi connectivity index (χ4n) is 2.03. The van der Waals surface area contributed by atoms with E-state index in [2.05, 4.69) is 5.32 Å². The van der Waals surface area contributed by atoms with Crippen LogP contribution in [0.2, 0.25) is 0 Å². The summed E-state index contributed by atoms with van der Waals surface area (Å²) in [6, 6.07) is 1.97. The van der Waals surface area contributed by atoms with E-state index in [1.54, 1.807) is 11.3 Å². The number of thiophene rings is 1. The predicted octanol–water partition coefficient (Wildman–Crippen LogP) is 0.0147. The molecule has 1 aliphatic heterocycles. The molecular formula is C11H15N3O2S. The summed E-state index contributed by atoms with van der Waals surface area (Å²) >= 11 is 1.61. The van der Waals surface area contributed by atoms with E-state index in [0.29, 0.717) is 6.54 Å². The smallest absolute Gasteiger partial charge is 0.240 e. The van der Waals surface area contributed by atoms with Gasteiger partial charge >= 0.3 is 0 Å². The fraction of sp³-hybridized carbons (Fsp3) is 0.455. The Morgan fingerprint density at radius 2 is 2.12 bits per heavy atom. The highest BCUT2D eigenvalue weighted by molar-refractivity contribution is 7.10. The van der Waals surface area contributed by atoms with Gasteiger partial charge in [0.1, 0.15) is 0 Å². The molecule has 92 valence electrons. The number of nitrogens with one attached hydrogen (secondary N) is 1. The van der Waals surface area contributed by atoms with Crippen molar-refractivity contribution in [1.29, 1.82) is 0 Å². The lowest BCUT2D eigenvalue weighted by Crippen LogP contribution is -2.53. The first-order valence-electron chi connectivity index (χ1n) is 5.42. The zero-order valence-corrected chi connectivity index (χ0v) is 10.4. The van der Waals surface area contributed by atoms with Crippen LogP contribution in [0, 0.1) is 6.92 Å². The number of carbonyl (C=O) groups is 2. The maximum absolute atomic E-state index is 11.3. The second kappa shape index (κ2) is 4.95. The molecule has 1 aromatic rings. The predicted molar refractivity (Wildman–Crippen MR) is 65.6 cm³/mol. The first kappa shape index (κ1) is 12.2. The van der Waals surface area contributed by atoms with Gasteiger partial charge in [-0.1, -0.05) is 0 Å². The molecular weight excluding hydrogens is 238 g/mol. The van der Waals surface area contributed by atoms with Crippen LogP contribution in [0.3, 0.4) is 0 Å². The van der Waals surface area contributed by atoms with Crippen LogP contribution < -0.4 is 11.1 Å². The molecule has 0 spiro atoms. The summed E-state index contributed by atoms with van der Waals surface area (Å²) < 4.78 is 0. The minimum Gasteiger partial charge on any atom is -0.329 e. The summed E-state index contributed by atoms with van der Waals surface area (Å²) in [5.74, 6) is -0.511. The molecule has 0 aliphatic carbocycles. The first-order chi connectivity index (χ1) is 8.11. The topological polar surface area (TPSA) is 75.4 Å². The van der Waals surface area contributed by atoms with Gasteiger partial charge in [-0.3, -0.25) is 19.8 Å². The highest BCUT2D eigenvalue weighted by atomic mass is 32.1. The number of amides is 2. The highest BCUT2D eigenvalue weighted by Crippen LogP contribution is 2.28. The molecule has 0 radical (unpaired) electrons. The van der Waals surface area contributed by atoms with E-state index in [9.17, 15) is 9.59 Å². The second-order valence-corrected chi connectivity index (χ2v) is 5.04. The van der Waals surface area contributed by atoms with Crippen molar-refractivity contribution >= 4 is 23.2 Å². The van der Waals surface area contributed by atoms with Crippen molar-refractivity contribution < 1.29 is 9.59 Å². The molecule has 2 amide bonds. The number of carbonyl (C=O) groups excluding carboxylic acids is 2. The Hall–Kier alpha value is -1.24. The van der Waals surface area contributed by atoms with Crippen LogP contribution in [0.25, 0.3) is 0 Å². The Labute approximate surface area is 104 Å². The average Bonchev–Trinajstić information content (AvgIpc) is 2.65. The Morgan fingerprint density at radius 1 is 1.47 bits per heavy atom. The molecule has 1 aromatic heterocycles. The summed E-state index contributed by atoms with van der Waals surface area (Å²) in [5, 5.41) is 4.29. The van der Waals surface area contributed by atoms with Gasteiger partial charge in [0, 0.05) is 11.4 Å². The molecule has 1 aliphatic rings. The van der Waals surface area contributed by atoms with Gasteiger partial charge in [-0.25, -0.2) is 0 Å². The third-order valence-corrected chi connectivity index (χ3v) is 3.96. The van der Waals surface area contributed by atoms with Gasteiger partial charge in [0.05, 0.1) is 19.1 Å². The van der Waals surface area contributed by atoms with Gasteiger partial charge in [0.2, 0.25) is 11.8 Å². The number of hydrogen-bond acceptors (Lipinski definition) is 5. The van der Waals surface area contributed by atoms with E-state index in [-0.39, 0.29) is 30.9 Å². The van der Waals surface area contributed by atoms with E-state index < -0.39 is 0 Å². The van der Waals surface area contributed by atoms with Crippen molar-refractivity contribution in [3.05, 3.63) is 21.9 Å². The largest absolute Gasteiger partial charge is 0.329 e. The molecule has 1 unspecified atom stereocenters. The third-order valence-electron chi connectivity index (χ3n) is 2.84. The molecule has 0 saturated carbocycles. The molecule has 17 heavy (non-hydrogen) atoms. The molecule has 6 heteroatoms. The molecule has 2 rings (SSSR count). The minimum atomic E-state index is -0.256. The zero-order chi connectivity index (χ0) is 12.4. The number of imide groups is 1. The summed E-state index contributed by atoms with van der Waals surface area (Å²) in [4.78, 5) is 25.7. The first-order valence-corrected chi connectivity index (χ1v) is 6.30. The number of piperazine rings is 1. The monoisotopic (exact) mass is 253 g/mol. The molecule has 1 atom stereocenters. The Balaban J connectivity index is 2.21. The zero-order valence-electron chi connectivity index (χ0n) is 9.60. The quantitative estimate of drug-likeness (QED) is 0.744. The van der Waals surface area contributed by atoms with Gasteiger partial charge in [-0.05, 0) is 23.9 Å². The standard InChI is InChI=1S/C11H15N3O2S/c1-7-2-3-17-11(7)8(4-12)14-5-9(15)13-10(16)6-14/h2-3,8H,4-6,12H2,1H3,(H,13,15,16). The Kier molecular flexibility index (Phi) is 3.56. The van der Waals surface area contributed by atoms with E-state index in [0.717, 1.165) is 10.4 Å². The maximum atomic E-state index is 11.3. The molecule has 2 heterocycles. The third kappa shape index (κ3) is 2.54. The van der Waals surface area contributed by atoms with Crippen LogP contribution in [0.4, 0.5) is 0 Å². The molecule has 3 N–H and O–H groups in total. The van der Waals surface area contributed by atoms with E-state index in [1.165, 1.54) is 0 Å². The number of rotatable bonds is 3. The Bertz CT molecular complexity index is 428. The van der Waals surface area contributed by atoms with Crippen LogP contribution in [-0.2, 0) is 9.59 Å². The molecule has 0 bridgehead atoms. The number of nitrogens with two attached hydrogens (primary N) is 1. The van der Waals surface area contributed by atoms with Crippen LogP contribution in [0.15, 0.2) is 11.4 Å². The van der Waals surface area contributed by atoms with Gasteiger partial charge in [0.25, 0.3) is 0 Å². The number of aryl methyl sites for hydroxylation is 1. The molecule has 1 fully saturated rings. The van der Waals surface area contributed by atoms with E-state index >= 15 is 0 Å². The van der Waals surface area contributed by atoms with Crippen molar-refractivity contribution in [3.8, 4) is 0 Å². The van der Waals surface area contributed by atoms with Crippen LogP contribution in [0.5, 0.6) is 0 Å². The second-order valence-electron chi connectivity index (χ2n) is 4.10. The lowest BCUT2D eigenvalue weighted by Gasteiger charge is -2.32. The van der Waals surface area contributed by atoms with Crippen LogP contribution in [-0.4, -0.2) is 36.3 Å². The summed E-state index contributed by atoms with van der Waals surface area (Å²) in [6.45, 7) is 2.87. The van der Waals surface area contributed by atoms with Crippen LogP contribution in [0.1, 0.15) is 16.5 Å². The minimum absolute atomic E-state index is 0.0509. The number of hydrogen-bond donors (Lipinski definition) is 2. The van der Waals surface area contributed by atoms with Crippen molar-refractivity contribution in [1.82, 2.24) is 10.2 Å². The van der Waals surface area contributed by atoms with Gasteiger partial charge in [-0.15, -0.1) is 11.3 Å². The molecule has 1 saturated heterocycles. The average molecular weight is 253 g/mol. The molecule has 5 nitrogen and oxygen atoms in total. The normalized spacial score (nSPS) is 19.2. The summed E-state index contributed by atoms with van der Waals surface area (Å²) in [6.07, 6.45) is 0. The Morgan fingerprint density at radius 3 is 2.59 bits per heavy atom. The van der Waals surface area contributed by atoms with Gasteiger partial charge in [0.15, 0.2) is 0 Å². The highest BCUT2D eigenvalue weighted by Gasteiger charge is 2.29. The number of nitrogens with zero attached hydrogens (tertiary/aromatic N) is 1. The van der Waals surface area contributed by atoms with Crippen molar-refractivity contribution in [3.63, 3.8) is 0 Å². The summed E-state index contributed by atoms with van der Waals surface area (Å²) in [5.41, 5.74) is 6.93. The van der Waals surface area contributed by atoms with Crippen molar-refractivity contribution in [2.45, 2.75) is 13.0 Å². The van der Waals surface area contributed by atoms with Crippen molar-refractivity contribution in [2.24, 2.45) is 5.73 Å². The van der Waals surface area contributed by atoms with Crippen molar-refractivity contribution in [2.75, 3.05) is 19.6 Å². The SMILES string of the molecule is Cc1ccsc1C(CN)N1CC(=O)NC(=O)C1. The van der Waals surface area contributed by atoms with E-state index in [1.807, 2.05) is 23.3 Å². The lowest BCUT2D eigenvalue weighted by atomic mass is 10.1. The summed E-state index contributed by atoms with van der Waals surface area (Å²) in [7, 11) is 0. The lowest BCUT2D eigenvalue weighted by molar-refractivity contribution is -0.137. The fourth-order valence-corrected chi connectivity index (χ4v) is 3.10.